The van der Waals surface area contributed by atoms with Gasteiger partial charge in [-0.05, 0) is 19.3 Å². The first-order chi connectivity index (χ1) is 12.2. The fourth-order valence-corrected chi connectivity index (χ4v) is 5.31. The maximum Gasteiger partial charge on any atom is 0.191 e. The van der Waals surface area contributed by atoms with Crippen molar-refractivity contribution in [2.45, 2.75) is 51.3 Å². The van der Waals surface area contributed by atoms with Gasteiger partial charge in [-0.2, -0.15) is 0 Å². The second-order valence-electron chi connectivity index (χ2n) is 8.65. The van der Waals surface area contributed by atoms with Crippen LogP contribution in [0.25, 0.3) is 0 Å². The van der Waals surface area contributed by atoms with Gasteiger partial charge in [0.25, 0.3) is 0 Å². The van der Waals surface area contributed by atoms with Crippen LogP contribution in [-0.2, 0) is 14.6 Å². The molecule has 0 amide bonds. The van der Waals surface area contributed by atoms with Crippen LogP contribution < -0.4 is 10.6 Å². The van der Waals surface area contributed by atoms with E-state index in [1.807, 2.05) is 7.05 Å². The first-order valence-electron chi connectivity index (χ1n) is 9.72. The number of hydrogen-bond donors (Lipinski definition) is 2. The third-order valence-corrected chi connectivity index (χ3v) is 7.25. The monoisotopic (exact) mass is 386 g/mol. The number of ether oxygens (including phenoxy) is 1. The van der Waals surface area contributed by atoms with E-state index in [9.17, 15) is 8.42 Å². The molecule has 1 aliphatic carbocycles. The first kappa shape index (κ1) is 19.9. The molecule has 3 atom stereocenters. The Hall–Kier alpha value is -0.860. The minimum absolute atomic E-state index is 0.133. The van der Waals surface area contributed by atoms with Crippen molar-refractivity contribution < 1.29 is 13.2 Å². The summed E-state index contributed by atoms with van der Waals surface area (Å²) in [7, 11) is -1.06. The predicted molar refractivity (Wildman–Crippen MR) is 104 cm³/mol. The zero-order chi connectivity index (χ0) is 18.9. The number of nitrogens with one attached hydrogen (secondary N) is 2. The number of nitrogens with zero attached hydrogens (tertiary/aromatic N) is 2. The summed E-state index contributed by atoms with van der Waals surface area (Å²) in [5, 5.41) is 7.20. The fraction of sp³-hybridized carbons (Fsp3) is 0.944. The average Bonchev–Trinajstić information content (AvgIpc) is 3.04. The van der Waals surface area contributed by atoms with Gasteiger partial charge in [-0.1, -0.05) is 13.8 Å². The van der Waals surface area contributed by atoms with Crippen LogP contribution in [0.5, 0.6) is 0 Å². The number of likely N-dealkylation sites (tertiary alicyclic amines) is 1. The molecule has 26 heavy (non-hydrogen) atoms. The van der Waals surface area contributed by atoms with Crippen molar-refractivity contribution in [3.63, 3.8) is 0 Å². The maximum atomic E-state index is 11.3. The molecule has 0 spiro atoms. The number of fused-ring (bicyclic) bond motifs is 1. The molecule has 8 heteroatoms. The van der Waals surface area contributed by atoms with Crippen LogP contribution >= 0.6 is 0 Å². The van der Waals surface area contributed by atoms with Crippen LogP contribution in [0.4, 0.5) is 0 Å². The van der Waals surface area contributed by atoms with Gasteiger partial charge < -0.3 is 20.3 Å². The minimum atomic E-state index is -2.88. The van der Waals surface area contributed by atoms with Crippen molar-refractivity contribution in [2.75, 3.05) is 45.3 Å². The van der Waals surface area contributed by atoms with Crippen molar-refractivity contribution in [3.8, 4) is 0 Å². The number of sulfone groups is 1. The molecule has 2 heterocycles. The molecule has 150 valence electrons. The van der Waals surface area contributed by atoms with Gasteiger partial charge in [0, 0.05) is 63.0 Å². The molecule has 2 saturated heterocycles. The molecule has 7 nitrogen and oxygen atoms in total. The van der Waals surface area contributed by atoms with E-state index < -0.39 is 9.84 Å². The average molecular weight is 387 g/mol. The fourth-order valence-electron chi connectivity index (χ4n) is 4.72. The Balaban J connectivity index is 1.45. The molecule has 0 bridgehead atoms. The summed E-state index contributed by atoms with van der Waals surface area (Å²) < 4.78 is 28.5. The Kier molecular flexibility index (Phi) is 5.84. The summed E-state index contributed by atoms with van der Waals surface area (Å²) in [6.07, 6.45) is 4.82. The minimum Gasteiger partial charge on any atom is -0.377 e. The molecule has 1 saturated carbocycles. The molecule has 3 rings (SSSR count). The number of aliphatic imine (C=N–C) groups is 1. The smallest absolute Gasteiger partial charge is 0.191 e. The van der Waals surface area contributed by atoms with Gasteiger partial charge in [-0.25, -0.2) is 8.42 Å². The summed E-state index contributed by atoms with van der Waals surface area (Å²) in [4.78, 5) is 6.67. The van der Waals surface area contributed by atoms with E-state index in [0.29, 0.717) is 30.7 Å². The molecule has 2 N–H and O–H groups in total. The number of piperidine rings is 1. The topological polar surface area (TPSA) is 83.0 Å². The number of hydrogen-bond acceptors (Lipinski definition) is 5. The van der Waals surface area contributed by atoms with E-state index in [0.717, 1.165) is 44.9 Å². The van der Waals surface area contributed by atoms with Gasteiger partial charge in [0.2, 0.25) is 0 Å². The molecule has 0 aromatic heterocycles. The third-order valence-electron chi connectivity index (χ3n) is 6.32. The highest BCUT2D eigenvalue weighted by Gasteiger charge is 2.59. The highest BCUT2D eigenvalue weighted by molar-refractivity contribution is 7.90. The van der Waals surface area contributed by atoms with Crippen LogP contribution in [0.2, 0.25) is 0 Å². The Bertz CT molecular complexity index is 626. The standard InChI is InChI=1S/C18H34N4O3S/c1-18(2)15(14-7-11-25-16(14)18)21-17(19-3)20-13-5-8-22(9-6-13)10-12-26(4,23)24/h13-16H,5-12H2,1-4H3,(H2,19,20,21). The largest absolute Gasteiger partial charge is 0.377 e. The van der Waals surface area contributed by atoms with Crippen LogP contribution in [0.15, 0.2) is 4.99 Å². The van der Waals surface area contributed by atoms with Crippen molar-refractivity contribution in [1.29, 1.82) is 0 Å². The summed E-state index contributed by atoms with van der Waals surface area (Å²) in [5.74, 6) is 1.71. The lowest BCUT2D eigenvalue weighted by Crippen LogP contribution is -2.68. The molecular formula is C18H34N4O3S. The van der Waals surface area contributed by atoms with Gasteiger partial charge in [0.15, 0.2) is 5.96 Å². The zero-order valence-corrected chi connectivity index (χ0v) is 17.3. The second-order valence-corrected chi connectivity index (χ2v) is 10.9. The van der Waals surface area contributed by atoms with E-state index in [1.165, 1.54) is 6.26 Å². The first-order valence-corrected chi connectivity index (χ1v) is 11.8. The van der Waals surface area contributed by atoms with Crippen LogP contribution in [0, 0.1) is 11.3 Å². The van der Waals surface area contributed by atoms with E-state index >= 15 is 0 Å². The van der Waals surface area contributed by atoms with Crippen molar-refractivity contribution in [3.05, 3.63) is 0 Å². The molecule has 3 unspecified atom stereocenters. The normalized spacial score (nSPS) is 32.8. The predicted octanol–water partition coefficient (Wildman–Crippen LogP) is 0.474. The van der Waals surface area contributed by atoms with Gasteiger partial charge >= 0.3 is 0 Å². The van der Waals surface area contributed by atoms with Crippen LogP contribution in [0.3, 0.4) is 0 Å². The van der Waals surface area contributed by atoms with Gasteiger partial charge in [-0.15, -0.1) is 0 Å². The lowest BCUT2D eigenvalue weighted by molar-refractivity contribution is -0.106. The molecule has 0 radical (unpaired) electrons. The van der Waals surface area contributed by atoms with Gasteiger partial charge in [0.05, 0.1) is 11.9 Å². The highest BCUT2D eigenvalue weighted by Crippen LogP contribution is 2.52. The van der Waals surface area contributed by atoms with Crippen LogP contribution in [-0.4, -0.2) is 82.8 Å². The SMILES string of the molecule is CN=C(NC1CCN(CCS(C)(=O)=O)CC1)NC1C2CCOC2C1(C)C. The summed E-state index contributed by atoms with van der Waals surface area (Å²) in [6, 6.07) is 0.783. The quantitative estimate of drug-likeness (QED) is 0.528. The summed E-state index contributed by atoms with van der Waals surface area (Å²) in [6.45, 7) is 7.90. The second kappa shape index (κ2) is 7.64. The maximum absolute atomic E-state index is 11.3. The van der Waals surface area contributed by atoms with Crippen molar-refractivity contribution in [1.82, 2.24) is 15.5 Å². The highest BCUT2D eigenvalue weighted by atomic mass is 32.2. The summed E-state index contributed by atoms with van der Waals surface area (Å²) >= 11 is 0. The van der Waals surface area contributed by atoms with Crippen LogP contribution in [0.1, 0.15) is 33.1 Å². The molecule has 0 aromatic rings. The molecule has 3 aliphatic rings. The molecule has 0 aromatic carbocycles. The van der Waals surface area contributed by atoms with E-state index in [2.05, 4.69) is 34.4 Å². The van der Waals surface area contributed by atoms with E-state index in [1.54, 1.807) is 0 Å². The molecule has 3 fully saturated rings. The Morgan fingerprint density at radius 2 is 1.92 bits per heavy atom. The van der Waals surface area contributed by atoms with E-state index in [4.69, 9.17) is 4.74 Å². The Labute approximate surface area is 157 Å². The number of rotatable bonds is 5. The number of guanidine groups is 1. The lowest BCUT2D eigenvalue weighted by Gasteiger charge is -2.55. The summed E-state index contributed by atoms with van der Waals surface area (Å²) in [5.41, 5.74) is 0.133. The van der Waals surface area contributed by atoms with Crippen molar-refractivity contribution in [2.24, 2.45) is 16.3 Å². The lowest BCUT2D eigenvalue weighted by atomic mass is 9.57. The van der Waals surface area contributed by atoms with Gasteiger partial charge in [0.1, 0.15) is 9.84 Å². The van der Waals surface area contributed by atoms with Gasteiger partial charge in [-0.3, -0.25) is 4.99 Å². The Morgan fingerprint density at radius 3 is 2.54 bits per heavy atom. The van der Waals surface area contributed by atoms with E-state index in [-0.39, 0.29) is 11.2 Å². The third kappa shape index (κ3) is 4.34. The molecular weight excluding hydrogens is 352 g/mol. The molecule has 2 aliphatic heterocycles. The van der Waals surface area contributed by atoms with Crippen molar-refractivity contribution >= 4 is 15.8 Å². The Morgan fingerprint density at radius 1 is 1.23 bits per heavy atom. The zero-order valence-electron chi connectivity index (χ0n) is 16.5.